The maximum absolute atomic E-state index is 12.3. The van der Waals surface area contributed by atoms with Crippen molar-refractivity contribution in [2.75, 3.05) is 13.1 Å². The topological polar surface area (TPSA) is 62.5 Å². The quantitative estimate of drug-likeness (QED) is 0.906. The molecule has 0 aliphatic heterocycles. The minimum atomic E-state index is -4.65. The largest absolute Gasteiger partial charge is 0.480 e. The molecule has 0 fully saturated rings. The molecule has 0 bridgehead atoms. The van der Waals surface area contributed by atoms with Gasteiger partial charge in [0, 0.05) is 12.7 Å². The number of carboxylic acids is 1. The Morgan fingerprint density at radius 3 is 2.32 bits per heavy atom. The second kappa shape index (κ2) is 5.33. The lowest BCUT2D eigenvalue weighted by molar-refractivity contribution is -0.149. The number of halogens is 3. The van der Waals surface area contributed by atoms with Gasteiger partial charge in [-0.15, -0.1) is 0 Å². The van der Waals surface area contributed by atoms with Gasteiger partial charge < -0.3 is 14.6 Å². The Morgan fingerprint density at radius 1 is 1.37 bits per heavy atom. The van der Waals surface area contributed by atoms with Crippen molar-refractivity contribution in [1.29, 1.82) is 0 Å². The fraction of sp³-hybridized carbons (Fsp3) is 0.455. The summed E-state index contributed by atoms with van der Waals surface area (Å²) in [7, 11) is 1.52. The number of rotatable bonds is 4. The molecule has 0 unspecified atom stereocenters. The van der Waals surface area contributed by atoms with Crippen LogP contribution in [0.25, 0.3) is 0 Å². The molecule has 1 heterocycles. The zero-order valence-corrected chi connectivity index (χ0v) is 10.4. The molecule has 1 amide bonds. The van der Waals surface area contributed by atoms with Gasteiger partial charge in [-0.25, -0.2) is 0 Å². The summed E-state index contributed by atoms with van der Waals surface area (Å²) in [6.07, 6.45) is -4.65. The third-order valence-electron chi connectivity index (χ3n) is 2.58. The maximum Gasteiger partial charge on any atom is 0.406 e. The van der Waals surface area contributed by atoms with E-state index in [0.717, 1.165) is 0 Å². The predicted octanol–water partition coefficient (Wildman–Crippen LogP) is 1.42. The summed E-state index contributed by atoms with van der Waals surface area (Å²) in [5.41, 5.74) is 0.702. The Morgan fingerprint density at radius 2 is 1.95 bits per heavy atom. The second-order valence-corrected chi connectivity index (χ2v) is 4.09. The molecule has 19 heavy (non-hydrogen) atoms. The van der Waals surface area contributed by atoms with E-state index >= 15 is 0 Å². The van der Waals surface area contributed by atoms with Gasteiger partial charge in [0.1, 0.15) is 18.8 Å². The van der Waals surface area contributed by atoms with Crippen LogP contribution >= 0.6 is 0 Å². The first-order valence-electron chi connectivity index (χ1n) is 5.32. The Bertz CT molecular complexity index is 494. The Balaban J connectivity index is 3.00. The average Bonchev–Trinajstić information content (AvgIpc) is 2.55. The third kappa shape index (κ3) is 4.01. The molecule has 0 radical (unpaired) electrons. The molecule has 0 saturated carbocycles. The van der Waals surface area contributed by atoms with Crippen molar-refractivity contribution in [3.63, 3.8) is 0 Å². The number of hydrogen-bond acceptors (Lipinski definition) is 2. The zero-order valence-electron chi connectivity index (χ0n) is 10.4. The van der Waals surface area contributed by atoms with Gasteiger partial charge in [-0.3, -0.25) is 9.59 Å². The highest BCUT2D eigenvalue weighted by Crippen LogP contribution is 2.18. The molecule has 0 saturated heterocycles. The summed E-state index contributed by atoms with van der Waals surface area (Å²) in [6, 6.07) is 2.93. The summed E-state index contributed by atoms with van der Waals surface area (Å²) in [6.45, 7) is -0.910. The molecule has 0 aromatic carbocycles. The van der Waals surface area contributed by atoms with Gasteiger partial charge in [0.15, 0.2) is 0 Å². The minimum Gasteiger partial charge on any atom is -0.480 e. The zero-order chi connectivity index (χ0) is 14.8. The van der Waals surface area contributed by atoms with E-state index in [0.29, 0.717) is 5.69 Å². The highest BCUT2D eigenvalue weighted by Gasteiger charge is 2.34. The number of aryl methyl sites for hydroxylation is 1. The van der Waals surface area contributed by atoms with Crippen LogP contribution in [0.3, 0.4) is 0 Å². The molecule has 0 atom stereocenters. The fourth-order valence-electron chi connectivity index (χ4n) is 1.57. The maximum atomic E-state index is 12.3. The number of carbonyl (C=O) groups excluding carboxylic acids is 1. The molecule has 0 spiro atoms. The van der Waals surface area contributed by atoms with E-state index in [4.69, 9.17) is 5.11 Å². The van der Waals surface area contributed by atoms with Gasteiger partial charge in [-0.2, -0.15) is 13.2 Å². The molecule has 1 N–H and O–H groups in total. The van der Waals surface area contributed by atoms with Gasteiger partial charge >= 0.3 is 12.1 Å². The number of hydrogen-bond donors (Lipinski definition) is 1. The first kappa shape index (κ1) is 15.1. The molecule has 0 aliphatic rings. The van der Waals surface area contributed by atoms with Gasteiger partial charge in [-0.05, 0) is 19.1 Å². The Labute approximate surface area is 107 Å². The monoisotopic (exact) mass is 278 g/mol. The second-order valence-electron chi connectivity index (χ2n) is 4.09. The van der Waals surface area contributed by atoms with E-state index in [9.17, 15) is 22.8 Å². The average molecular weight is 278 g/mol. The van der Waals surface area contributed by atoms with Crippen LogP contribution < -0.4 is 0 Å². The number of alkyl halides is 3. The van der Waals surface area contributed by atoms with Crippen LogP contribution in [-0.2, 0) is 11.8 Å². The first-order valence-corrected chi connectivity index (χ1v) is 5.32. The normalized spacial score (nSPS) is 11.4. The molecule has 1 aromatic heterocycles. The number of nitrogens with zero attached hydrogens (tertiary/aromatic N) is 2. The van der Waals surface area contributed by atoms with E-state index in [1.54, 1.807) is 13.0 Å². The van der Waals surface area contributed by atoms with Crippen molar-refractivity contribution in [3.8, 4) is 0 Å². The van der Waals surface area contributed by atoms with Crippen molar-refractivity contribution in [2.45, 2.75) is 13.1 Å². The lowest BCUT2D eigenvalue weighted by Gasteiger charge is -2.22. The first-order chi connectivity index (χ1) is 8.61. The molecule has 106 valence electrons. The van der Waals surface area contributed by atoms with Crippen LogP contribution in [0.4, 0.5) is 13.2 Å². The molecular weight excluding hydrogens is 265 g/mol. The lowest BCUT2D eigenvalue weighted by Crippen LogP contribution is -2.42. The van der Waals surface area contributed by atoms with Crippen molar-refractivity contribution < 1.29 is 27.9 Å². The van der Waals surface area contributed by atoms with E-state index in [1.807, 2.05) is 0 Å². The van der Waals surface area contributed by atoms with E-state index in [1.165, 1.54) is 17.7 Å². The number of aliphatic carboxylic acids is 1. The van der Waals surface area contributed by atoms with Crippen molar-refractivity contribution in [1.82, 2.24) is 9.47 Å². The molecule has 8 heteroatoms. The Hall–Kier alpha value is -1.99. The fourth-order valence-corrected chi connectivity index (χ4v) is 1.57. The van der Waals surface area contributed by atoms with Gasteiger partial charge in [0.25, 0.3) is 5.91 Å². The van der Waals surface area contributed by atoms with Gasteiger partial charge in [-0.1, -0.05) is 0 Å². The van der Waals surface area contributed by atoms with Crippen LogP contribution in [0.2, 0.25) is 0 Å². The molecule has 0 aliphatic carbocycles. The van der Waals surface area contributed by atoms with Crippen LogP contribution in [-0.4, -0.2) is 45.7 Å². The highest BCUT2D eigenvalue weighted by atomic mass is 19.4. The summed E-state index contributed by atoms with van der Waals surface area (Å²) in [5.74, 6) is -2.46. The van der Waals surface area contributed by atoms with Crippen LogP contribution in [0.1, 0.15) is 16.2 Å². The number of aromatic nitrogens is 1. The van der Waals surface area contributed by atoms with Gasteiger partial charge in [0.05, 0.1) is 0 Å². The smallest absolute Gasteiger partial charge is 0.406 e. The third-order valence-corrected chi connectivity index (χ3v) is 2.58. The summed E-state index contributed by atoms with van der Waals surface area (Å²) >= 11 is 0. The number of carbonyl (C=O) groups is 2. The standard InChI is InChI=1S/C11H13F3N2O3/c1-7-3-4-8(15(7)2)10(19)16(5-9(17)18)6-11(12,13)14/h3-4H,5-6H2,1-2H3,(H,17,18). The molecule has 1 aromatic rings. The summed E-state index contributed by atoms with van der Waals surface area (Å²) in [5, 5.41) is 8.58. The van der Waals surface area contributed by atoms with E-state index in [2.05, 4.69) is 0 Å². The lowest BCUT2D eigenvalue weighted by atomic mass is 10.3. The summed E-state index contributed by atoms with van der Waals surface area (Å²) < 4.78 is 38.4. The van der Waals surface area contributed by atoms with Crippen molar-refractivity contribution >= 4 is 11.9 Å². The minimum absolute atomic E-state index is 0.0167. The van der Waals surface area contributed by atoms with Crippen molar-refractivity contribution in [2.24, 2.45) is 7.05 Å². The van der Waals surface area contributed by atoms with Crippen molar-refractivity contribution in [3.05, 3.63) is 23.5 Å². The Kier molecular flexibility index (Phi) is 4.23. The van der Waals surface area contributed by atoms with Crippen LogP contribution in [0, 0.1) is 6.92 Å². The van der Waals surface area contributed by atoms with E-state index in [-0.39, 0.29) is 10.6 Å². The summed E-state index contributed by atoms with van der Waals surface area (Å²) in [4.78, 5) is 22.7. The highest BCUT2D eigenvalue weighted by molar-refractivity contribution is 5.94. The van der Waals surface area contributed by atoms with E-state index < -0.39 is 31.1 Å². The number of amides is 1. The SMILES string of the molecule is Cc1ccc(C(=O)N(CC(=O)O)CC(F)(F)F)n1C. The molecule has 5 nitrogen and oxygen atoms in total. The number of carboxylic acid groups (broad SMARTS) is 1. The van der Waals surface area contributed by atoms with Crippen LogP contribution in [0.5, 0.6) is 0 Å². The predicted molar refractivity (Wildman–Crippen MR) is 59.7 cm³/mol. The van der Waals surface area contributed by atoms with Crippen LogP contribution in [0.15, 0.2) is 12.1 Å². The van der Waals surface area contributed by atoms with Gasteiger partial charge in [0.2, 0.25) is 0 Å². The molecular formula is C11H13F3N2O3. The molecule has 1 rings (SSSR count).